The van der Waals surface area contributed by atoms with Crippen LogP contribution in [0, 0.1) is 5.92 Å². The van der Waals surface area contributed by atoms with E-state index in [1.807, 2.05) is 0 Å². The topological polar surface area (TPSA) is 61.4 Å². The summed E-state index contributed by atoms with van der Waals surface area (Å²) in [4.78, 5) is 11.3. The van der Waals surface area contributed by atoms with E-state index < -0.39 is 6.10 Å². The van der Waals surface area contributed by atoms with Gasteiger partial charge in [-0.25, -0.2) is 0 Å². The Labute approximate surface area is 72.3 Å². The SMILES string of the molecule is C[C@@H](O)CNC(=O)C1CCNC1. The van der Waals surface area contributed by atoms with Crippen LogP contribution in [0.15, 0.2) is 0 Å². The first-order valence-electron chi connectivity index (χ1n) is 4.36. The molecule has 70 valence electrons. The van der Waals surface area contributed by atoms with Crippen molar-refractivity contribution in [3.63, 3.8) is 0 Å². The minimum absolute atomic E-state index is 0.0564. The normalized spacial score (nSPS) is 25.3. The molecule has 0 aromatic carbocycles. The van der Waals surface area contributed by atoms with Gasteiger partial charge in [0.2, 0.25) is 5.91 Å². The van der Waals surface area contributed by atoms with Crippen molar-refractivity contribution in [3.05, 3.63) is 0 Å². The molecule has 1 rings (SSSR count). The lowest BCUT2D eigenvalue weighted by molar-refractivity contribution is -0.124. The van der Waals surface area contributed by atoms with Gasteiger partial charge in [-0.05, 0) is 19.9 Å². The van der Waals surface area contributed by atoms with Gasteiger partial charge < -0.3 is 15.7 Å². The van der Waals surface area contributed by atoms with E-state index in [1.165, 1.54) is 0 Å². The first-order valence-corrected chi connectivity index (χ1v) is 4.36. The number of amides is 1. The number of aliphatic hydroxyl groups excluding tert-OH is 1. The monoisotopic (exact) mass is 172 g/mol. The smallest absolute Gasteiger partial charge is 0.224 e. The Hall–Kier alpha value is -0.610. The minimum atomic E-state index is -0.455. The second-order valence-electron chi connectivity index (χ2n) is 3.28. The van der Waals surface area contributed by atoms with Crippen molar-refractivity contribution in [1.82, 2.24) is 10.6 Å². The lowest BCUT2D eigenvalue weighted by Crippen LogP contribution is -2.36. The van der Waals surface area contributed by atoms with Gasteiger partial charge in [0.25, 0.3) is 0 Å². The zero-order valence-corrected chi connectivity index (χ0v) is 7.34. The van der Waals surface area contributed by atoms with Crippen LogP contribution < -0.4 is 10.6 Å². The van der Waals surface area contributed by atoms with Gasteiger partial charge in [0.05, 0.1) is 12.0 Å². The van der Waals surface area contributed by atoms with E-state index >= 15 is 0 Å². The number of hydrogen-bond donors (Lipinski definition) is 3. The molecule has 1 aliphatic rings. The van der Waals surface area contributed by atoms with Gasteiger partial charge in [0.15, 0.2) is 0 Å². The van der Waals surface area contributed by atoms with Gasteiger partial charge in [-0.15, -0.1) is 0 Å². The lowest BCUT2D eigenvalue weighted by atomic mass is 10.1. The molecule has 1 aliphatic heterocycles. The fourth-order valence-corrected chi connectivity index (χ4v) is 1.27. The molecule has 2 atom stereocenters. The number of carbonyl (C=O) groups is 1. The number of rotatable bonds is 3. The zero-order chi connectivity index (χ0) is 8.97. The maximum atomic E-state index is 11.3. The summed E-state index contributed by atoms with van der Waals surface area (Å²) in [7, 11) is 0. The average molecular weight is 172 g/mol. The molecule has 1 fully saturated rings. The molecule has 1 heterocycles. The molecule has 0 bridgehead atoms. The van der Waals surface area contributed by atoms with Crippen LogP contribution in [0.5, 0.6) is 0 Å². The zero-order valence-electron chi connectivity index (χ0n) is 7.34. The highest BCUT2D eigenvalue weighted by atomic mass is 16.3. The van der Waals surface area contributed by atoms with Crippen LogP contribution in [-0.2, 0) is 4.79 Å². The third kappa shape index (κ3) is 2.79. The van der Waals surface area contributed by atoms with Crippen molar-refractivity contribution in [2.24, 2.45) is 5.92 Å². The summed E-state index contributed by atoms with van der Waals surface area (Å²) < 4.78 is 0. The molecule has 1 amide bonds. The summed E-state index contributed by atoms with van der Waals surface area (Å²) in [6.45, 7) is 3.71. The highest BCUT2D eigenvalue weighted by Gasteiger charge is 2.21. The summed E-state index contributed by atoms with van der Waals surface area (Å²) in [6.07, 6.45) is 0.453. The molecule has 4 heteroatoms. The second kappa shape index (κ2) is 4.42. The quantitative estimate of drug-likeness (QED) is 0.516. The van der Waals surface area contributed by atoms with Gasteiger partial charge >= 0.3 is 0 Å². The Bertz CT molecular complexity index is 153. The van der Waals surface area contributed by atoms with Crippen LogP contribution in [0.3, 0.4) is 0 Å². The molecular weight excluding hydrogens is 156 g/mol. The summed E-state index contributed by atoms with van der Waals surface area (Å²) in [6, 6.07) is 0. The van der Waals surface area contributed by atoms with Crippen LogP contribution in [0.4, 0.5) is 0 Å². The van der Waals surface area contributed by atoms with E-state index in [2.05, 4.69) is 10.6 Å². The Morgan fingerprint density at radius 2 is 2.58 bits per heavy atom. The van der Waals surface area contributed by atoms with Crippen molar-refractivity contribution in [3.8, 4) is 0 Å². The summed E-state index contributed by atoms with van der Waals surface area (Å²) in [5.74, 6) is 0.157. The minimum Gasteiger partial charge on any atom is -0.392 e. The van der Waals surface area contributed by atoms with Crippen molar-refractivity contribution >= 4 is 5.91 Å². The fraction of sp³-hybridized carbons (Fsp3) is 0.875. The van der Waals surface area contributed by atoms with E-state index in [0.29, 0.717) is 6.54 Å². The largest absolute Gasteiger partial charge is 0.392 e. The standard InChI is InChI=1S/C8H16N2O2/c1-6(11)4-10-8(12)7-2-3-9-5-7/h6-7,9,11H,2-5H2,1H3,(H,10,12)/t6-,7?/m1/s1. The molecule has 0 aromatic rings. The van der Waals surface area contributed by atoms with E-state index in [9.17, 15) is 4.79 Å². The van der Waals surface area contributed by atoms with Gasteiger partial charge in [-0.1, -0.05) is 0 Å². The first-order chi connectivity index (χ1) is 5.70. The molecule has 4 nitrogen and oxygen atoms in total. The Balaban J connectivity index is 2.18. The van der Waals surface area contributed by atoms with Crippen LogP contribution >= 0.6 is 0 Å². The molecule has 0 spiro atoms. The van der Waals surface area contributed by atoms with Gasteiger partial charge in [0, 0.05) is 13.1 Å². The fourth-order valence-electron chi connectivity index (χ4n) is 1.27. The summed E-state index contributed by atoms with van der Waals surface area (Å²) in [5.41, 5.74) is 0. The lowest BCUT2D eigenvalue weighted by Gasteiger charge is -2.10. The van der Waals surface area contributed by atoms with Gasteiger partial charge in [-0.3, -0.25) is 4.79 Å². The van der Waals surface area contributed by atoms with E-state index in [-0.39, 0.29) is 11.8 Å². The maximum absolute atomic E-state index is 11.3. The first kappa shape index (κ1) is 9.48. The van der Waals surface area contributed by atoms with E-state index in [4.69, 9.17) is 5.11 Å². The van der Waals surface area contributed by atoms with Crippen LogP contribution in [0.2, 0.25) is 0 Å². The van der Waals surface area contributed by atoms with Crippen molar-refractivity contribution in [2.45, 2.75) is 19.4 Å². The van der Waals surface area contributed by atoms with Crippen molar-refractivity contribution in [2.75, 3.05) is 19.6 Å². The third-order valence-corrected chi connectivity index (χ3v) is 2.00. The summed E-state index contributed by atoms with van der Waals surface area (Å²) >= 11 is 0. The van der Waals surface area contributed by atoms with Crippen LogP contribution in [0.25, 0.3) is 0 Å². The molecule has 0 radical (unpaired) electrons. The molecule has 12 heavy (non-hydrogen) atoms. The molecule has 0 aromatic heterocycles. The van der Waals surface area contributed by atoms with Crippen LogP contribution in [0.1, 0.15) is 13.3 Å². The number of nitrogens with one attached hydrogen (secondary N) is 2. The van der Waals surface area contributed by atoms with Gasteiger partial charge in [-0.2, -0.15) is 0 Å². The van der Waals surface area contributed by atoms with E-state index in [0.717, 1.165) is 19.5 Å². The Morgan fingerprint density at radius 3 is 3.08 bits per heavy atom. The second-order valence-corrected chi connectivity index (χ2v) is 3.28. The molecule has 0 saturated carbocycles. The average Bonchev–Trinajstić information content (AvgIpc) is 2.51. The van der Waals surface area contributed by atoms with E-state index in [1.54, 1.807) is 6.92 Å². The molecule has 0 aliphatic carbocycles. The number of carbonyl (C=O) groups excluding carboxylic acids is 1. The van der Waals surface area contributed by atoms with Crippen molar-refractivity contribution in [1.29, 1.82) is 0 Å². The predicted molar refractivity (Wildman–Crippen MR) is 45.7 cm³/mol. The molecule has 1 unspecified atom stereocenters. The highest BCUT2D eigenvalue weighted by Crippen LogP contribution is 2.06. The molecular formula is C8H16N2O2. The van der Waals surface area contributed by atoms with Crippen LogP contribution in [-0.4, -0.2) is 36.8 Å². The summed E-state index contributed by atoms with van der Waals surface area (Å²) in [5, 5.41) is 14.7. The highest BCUT2D eigenvalue weighted by molar-refractivity contribution is 5.79. The predicted octanol–water partition coefficient (Wildman–Crippen LogP) is -0.907. The Kier molecular flexibility index (Phi) is 3.49. The maximum Gasteiger partial charge on any atom is 0.224 e. The number of aliphatic hydroxyl groups is 1. The van der Waals surface area contributed by atoms with Gasteiger partial charge in [0.1, 0.15) is 0 Å². The molecule has 3 N–H and O–H groups in total. The molecule has 1 saturated heterocycles. The third-order valence-electron chi connectivity index (χ3n) is 2.00. The van der Waals surface area contributed by atoms with Crippen molar-refractivity contribution < 1.29 is 9.90 Å². The number of hydrogen-bond acceptors (Lipinski definition) is 3. The Morgan fingerprint density at radius 1 is 1.83 bits per heavy atom.